The first kappa shape index (κ1) is 14.8. The lowest BCUT2D eigenvalue weighted by Crippen LogP contribution is -2.10. The summed E-state index contributed by atoms with van der Waals surface area (Å²) < 4.78 is 5.70. The molecular formula is C15H18N4O2. The Morgan fingerprint density at radius 2 is 2.00 bits per heavy atom. The van der Waals surface area contributed by atoms with Gasteiger partial charge in [0.15, 0.2) is 0 Å². The number of hydrogen-bond donors (Lipinski definition) is 2. The Morgan fingerprint density at radius 3 is 2.57 bits per heavy atom. The van der Waals surface area contributed by atoms with Crippen molar-refractivity contribution >= 4 is 11.7 Å². The quantitative estimate of drug-likeness (QED) is 0.850. The lowest BCUT2D eigenvalue weighted by molar-refractivity contribution is 0.100. The Kier molecular flexibility index (Phi) is 4.71. The van der Waals surface area contributed by atoms with Crippen LogP contribution in [-0.4, -0.2) is 22.9 Å². The van der Waals surface area contributed by atoms with Gasteiger partial charge >= 0.3 is 0 Å². The number of nitrogens with two attached hydrogens (primary N) is 1. The minimum atomic E-state index is -0.466. The van der Waals surface area contributed by atoms with Crippen molar-refractivity contribution in [1.29, 1.82) is 0 Å². The van der Waals surface area contributed by atoms with Crippen molar-refractivity contribution < 1.29 is 9.53 Å². The van der Waals surface area contributed by atoms with Crippen LogP contribution >= 0.6 is 0 Å². The van der Waals surface area contributed by atoms with Crippen LogP contribution in [0.1, 0.15) is 29.5 Å². The molecule has 0 aliphatic carbocycles. The highest BCUT2D eigenvalue weighted by Crippen LogP contribution is 2.22. The van der Waals surface area contributed by atoms with Gasteiger partial charge in [0, 0.05) is 25.1 Å². The second kappa shape index (κ2) is 6.69. The SMILES string of the molecule is CCCc1nc(NC)cc(Oc2ccc(C(N)=O)cc2)n1. The van der Waals surface area contributed by atoms with Crippen molar-refractivity contribution in [2.45, 2.75) is 19.8 Å². The van der Waals surface area contributed by atoms with E-state index in [1.54, 1.807) is 37.4 Å². The van der Waals surface area contributed by atoms with E-state index in [9.17, 15) is 4.79 Å². The smallest absolute Gasteiger partial charge is 0.248 e. The molecule has 110 valence electrons. The zero-order valence-electron chi connectivity index (χ0n) is 12.1. The standard InChI is InChI=1S/C15H18N4O2/c1-3-4-12-18-13(17-2)9-14(19-12)21-11-7-5-10(6-8-11)15(16)20/h5-9H,3-4H2,1-2H3,(H2,16,20)(H,17,18,19). The highest BCUT2D eigenvalue weighted by molar-refractivity contribution is 5.92. The van der Waals surface area contributed by atoms with E-state index < -0.39 is 5.91 Å². The molecule has 0 radical (unpaired) electrons. The summed E-state index contributed by atoms with van der Waals surface area (Å²) in [4.78, 5) is 19.7. The number of carbonyl (C=O) groups excluding carboxylic acids is 1. The van der Waals surface area contributed by atoms with Crippen LogP contribution in [0.4, 0.5) is 5.82 Å². The molecule has 0 aliphatic heterocycles. The van der Waals surface area contributed by atoms with Gasteiger partial charge in [-0.1, -0.05) is 6.92 Å². The first-order valence-electron chi connectivity index (χ1n) is 6.75. The fraction of sp³-hybridized carbons (Fsp3) is 0.267. The number of aromatic nitrogens is 2. The molecular weight excluding hydrogens is 268 g/mol. The van der Waals surface area contributed by atoms with Crippen LogP contribution in [0.2, 0.25) is 0 Å². The molecule has 3 N–H and O–H groups in total. The van der Waals surface area contributed by atoms with E-state index in [4.69, 9.17) is 10.5 Å². The average molecular weight is 286 g/mol. The molecule has 1 aromatic heterocycles. The van der Waals surface area contributed by atoms with E-state index in [2.05, 4.69) is 22.2 Å². The van der Waals surface area contributed by atoms with Gasteiger partial charge in [-0.3, -0.25) is 4.79 Å². The third-order valence-corrected chi connectivity index (χ3v) is 2.84. The largest absolute Gasteiger partial charge is 0.439 e. The predicted molar refractivity (Wildman–Crippen MR) is 80.6 cm³/mol. The highest BCUT2D eigenvalue weighted by Gasteiger charge is 2.06. The molecule has 1 amide bonds. The van der Waals surface area contributed by atoms with E-state index in [-0.39, 0.29) is 0 Å². The number of benzene rings is 1. The van der Waals surface area contributed by atoms with E-state index >= 15 is 0 Å². The number of hydrogen-bond acceptors (Lipinski definition) is 5. The van der Waals surface area contributed by atoms with Gasteiger partial charge in [0.25, 0.3) is 0 Å². The molecule has 21 heavy (non-hydrogen) atoms. The Morgan fingerprint density at radius 1 is 1.29 bits per heavy atom. The Bertz CT molecular complexity index is 626. The molecule has 2 aromatic rings. The summed E-state index contributed by atoms with van der Waals surface area (Å²) in [6.07, 6.45) is 1.74. The summed E-state index contributed by atoms with van der Waals surface area (Å²) in [5, 5.41) is 2.98. The van der Waals surface area contributed by atoms with Crippen LogP contribution in [0.5, 0.6) is 11.6 Å². The molecule has 1 heterocycles. The monoisotopic (exact) mass is 286 g/mol. The van der Waals surface area contributed by atoms with Gasteiger partial charge in [0.05, 0.1) is 0 Å². The molecule has 6 heteroatoms. The number of primary amides is 1. The van der Waals surface area contributed by atoms with Gasteiger partial charge in [-0.05, 0) is 30.7 Å². The maximum atomic E-state index is 11.0. The first-order chi connectivity index (χ1) is 10.1. The third kappa shape index (κ3) is 3.92. The number of nitrogens with one attached hydrogen (secondary N) is 1. The zero-order valence-corrected chi connectivity index (χ0v) is 12.1. The summed E-state index contributed by atoms with van der Waals surface area (Å²) in [5.41, 5.74) is 5.64. The molecule has 0 saturated heterocycles. The van der Waals surface area contributed by atoms with Crippen molar-refractivity contribution in [2.75, 3.05) is 12.4 Å². The normalized spacial score (nSPS) is 10.2. The van der Waals surface area contributed by atoms with Gasteiger partial charge in [0.1, 0.15) is 17.4 Å². The second-order valence-electron chi connectivity index (χ2n) is 4.50. The fourth-order valence-electron chi connectivity index (χ4n) is 1.80. The van der Waals surface area contributed by atoms with Crippen LogP contribution in [0.3, 0.4) is 0 Å². The average Bonchev–Trinajstić information content (AvgIpc) is 2.48. The lowest BCUT2D eigenvalue weighted by atomic mass is 10.2. The Labute approximate surface area is 123 Å². The molecule has 0 unspecified atom stereocenters. The number of nitrogens with zero attached hydrogens (tertiary/aromatic N) is 2. The molecule has 0 spiro atoms. The highest BCUT2D eigenvalue weighted by atomic mass is 16.5. The molecule has 1 aromatic carbocycles. The summed E-state index contributed by atoms with van der Waals surface area (Å²) in [6, 6.07) is 8.32. The maximum Gasteiger partial charge on any atom is 0.248 e. The van der Waals surface area contributed by atoms with Gasteiger partial charge in [0.2, 0.25) is 11.8 Å². The summed E-state index contributed by atoms with van der Waals surface area (Å²) >= 11 is 0. The van der Waals surface area contributed by atoms with Crippen LogP contribution < -0.4 is 15.8 Å². The van der Waals surface area contributed by atoms with Crippen molar-refractivity contribution in [3.8, 4) is 11.6 Å². The van der Waals surface area contributed by atoms with Gasteiger partial charge in [-0.2, -0.15) is 4.98 Å². The van der Waals surface area contributed by atoms with E-state index in [0.717, 1.165) is 18.7 Å². The van der Waals surface area contributed by atoms with Crippen LogP contribution in [0, 0.1) is 0 Å². The number of rotatable bonds is 6. The zero-order chi connectivity index (χ0) is 15.2. The number of aryl methyl sites for hydroxylation is 1. The van der Waals surface area contributed by atoms with Crippen LogP contribution in [0.15, 0.2) is 30.3 Å². The van der Waals surface area contributed by atoms with Crippen LogP contribution in [0.25, 0.3) is 0 Å². The Balaban J connectivity index is 2.21. The van der Waals surface area contributed by atoms with Crippen LogP contribution in [-0.2, 0) is 6.42 Å². The van der Waals surface area contributed by atoms with Crippen molar-refractivity contribution in [2.24, 2.45) is 5.73 Å². The van der Waals surface area contributed by atoms with Gasteiger partial charge < -0.3 is 15.8 Å². The van der Waals surface area contributed by atoms with Gasteiger partial charge in [-0.15, -0.1) is 0 Å². The van der Waals surface area contributed by atoms with E-state index in [1.165, 1.54) is 0 Å². The molecule has 0 fully saturated rings. The number of carbonyl (C=O) groups is 1. The summed E-state index contributed by atoms with van der Waals surface area (Å²) in [5.74, 6) is 2.02. The minimum Gasteiger partial charge on any atom is -0.439 e. The predicted octanol–water partition coefficient (Wildman–Crippen LogP) is 2.36. The lowest BCUT2D eigenvalue weighted by Gasteiger charge is -2.09. The molecule has 0 saturated carbocycles. The van der Waals surface area contributed by atoms with Crippen molar-refractivity contribution in [1.82, 2.24) is 9.97 Å². The van der Waals surface area contributed by atoms with E-state index in [1.807, 2.05) is 0 Å². The maximum absolute atomic E-state index is 11.0. The third-order valence-electron chi connectivity index (χ3n) is 2.84. The van der Waals surface area contributed by atoms with Crippen molar-refractivity contribution in [3.63, 3.8) is 0 Å². The van der Waals surface area contributed by atoms with Gasteiger partial charge in [-0.25, -0.2) is 4.98 Å². The fourth-order valence-corrected chi connectivity index (χ4v) is 1.80. The molecule has 6 nitrogen and oxygen atoms in total. The summed E-state index contributed by atoms with van der Waals surface area (Å²) in [7, 11) is 1.80. The number of anilines is 1. The molecule has 0 bridgehead atoms. The molecule has 0 atom stereocenters. The molecule has 0 aliphatic rings. The second-order valence-corrected chi connectivity index (χ2v) is 4.50. The topological polar surface area (TPSA) is 90.1 Å². The summed E-state index contributed by atoms with van der Waals surface area (Å²) in [6.45, 7) is 2.07. The number of amides is 1. The van der Waals surface area contributed by atoms with Crippen molar-refractivity contribution in [3.05, 3.63) is 41.7 Å². The number of ether oxygens (including phenoxy) is 1. The molecule has 2 rings (SSSR count). The van der Waals surface area contributed by atoms with E-state index in [0.29, 0.717) is 23.0 Å². The first-order valence-corrected chi connectivity index (χ1v) is 6.75. The minimum absolute atomic E-state index is 0.438. The Hall–Kier alpha value is -2.63.